The van der Waals surface area contributed by atoms with Crippen LogP contribution in [0, 0.1) is 36.5 Å². The van der Waals surface area contributed by atoms with Gasteiger partial charge in [-0.15, -0.1) is 0 Å². The summed E-state index contributed by atoms with van der Waals surface area (Å²) < 4.78 is 93.9. The Morgan fingerprint density at radius 2 is 1.34 bits per heavy atom. The molecule has 1 saturated carbocycles. The van der Waals surface area contributed by atoms with Gasteiger partial charge in [0.1, 0.15) is 54.4 Å². The lowest BCUT2D eigenvalue weighted by Crippen LogP contribution is -2.61. The smallest absolute Gasteiger partial charge is 0.407 e. The van der Waals surface area contributed by atoms with Crippen LogP contribution in [-0.2, 0) is 103 Å². The van der Waals surface area contributed by atoms with E-state index in [1.807, 2.05) is 75.4 Å². The van der Waals surface area contributed by atoms with Crippen molar-refractivity contribution in [2.45, 2.75) is 210 Å². The molecule has 2 bridgehead atoms. The number of ketones is 2. The van der Waals surface area contributed by atoms with Crippen molar-refractivity contribution in [1.82, 2.24) is 25.4 Å². The second-order valence-corrected chi connectivity index (χ2v) is 35.0. The molecule has 34 heteroatoms. The normalized spacial score (nSPS) is 27.7. The van der Waals surface area contributed by atoms with Crippen LogP contribution < -0.4 is 26.8 Å². The number of amides is 4. The molecule has 2 saturated heterocycles. The van der Waals surface area contributed by atoms with Crippen LogP contribution in [0.25, 0.3) is 11.1 Å². The van der Waals surface area contributed by atoms with E-state index in [4.69, 9.17) is 77.8 Å². The Bertz CT molecular complexity index is 4030. The number of aliphatic hydroxyl groups excluding tert-OH is 3. The Morgan fingerprint density at radius 3 is 1.98 bits per heavy atom. The highest BCUT2D eigenvalue weighted by molar-refractivity contribution is 7.91. The third kappa shape index (κ3) is 34.2. The molecule has 8 rings (SSSR count). The molecular weight excluding hydrogens is 1660 g/mol. The van der Waals surface area contributed by atoms with Gasteiger partial charge in [0.2, 0.25) is 11.7 Å². The van der Waals surface area contributed by atoms with Gasteiger partial charge in [0.05, 0.1) is 143 Å². The average Bonchev–Trinajstić information content (AvgIpc) is 1.05. The Kier molecular flexibility index (Phi) is 45.7. The predicted octanol–water partition coefficient (Wildman–Crippen LogP) is 7.18. The number of piperidine rings is 1. The van der Waals surface area contributed by atoms with Gasteiger partial charge >= 0.3 is 12.1 Å². The average molecular weight is 1800 g/mol. The van der Waals surface area contributed by atoms with Gasteiger partial charge in [0, 0.05) is 99.8 Å². The zero-order valence-corrected chi connectivity index (χ0v) is 76.3. The van der Waals surface area contributed by atoms with Gasteiger partial charge in [-0.3, -0.25) is 24.0 Å². The van der Waals surface area contributed by atoms with Crippen molar-refractivity contribution >= 4 is 58.3 Å². The highest BCUT2D eigenvalue weighted by Crippen LogP contribution is 2.39. The van der Waals surface area contributed by atoms with Gasteiger partial charge in [0.15, 0.2) is 10.7 Å². The minimum Gasteiger partial charge on any atom is -0.611 e. The number of hydrogen-bond donors (Lipinski definition) is 8. The fourth-order valence-electron chi connectivity index (χ4n) is 16.1. The number of aliphatic hydroxyl groups is 4. The number of hydrogen-bond acceptors (Lipinski definition) is 29. The number of allylic oxidation sites excluding steroid dienone is 5. The van der Waals surface area contributed by atoms with Gasteiger partial charge in [-0.25, -0.2) is 14.6 Å². The van der Waals surface area contributed by atoms with E-state index in [0.717, 1.165) is 32.9 Å². The molecule has 5 heterocycles. The number of anilines is 1. The molecule has 33 nitrogen and oxygen atoms in total. The maximum atomic E-state index is 14.7. The summed E-state index contributed by atoms with van der Waals surface area (Å²) in [5.41, 5.74) is 17.8. The number of nitrogens with two attached hydrogens (primary N) is 2. The number of esters is 1. The summed E-state index contributed by atoms with van der Waals surface area (Å²) >= 11 is -1.41. The monoisotopic (exact) mass is 1800 g/mol. The summed E-state index contributed by atoms with van der Waals surface area (Å²) in [7, 11) is 3.07. The molecule has 0 spiro atoms. The number of aromatic nitrogens is 1. The molecule has 127 heavy (non-hydrogen) atoms. The SMILES string of the molecule is CO[C@H]1C[C@@H]2CC[C@@H](C)[C@@](O)(O2)C(=O)C(=O)N2CCCC[C@H]2C(=O)O[C@H]([C@H](N)C[C@@H]2CC[C@@H](OC(=O)NCCOCCOCCOCCOCCOCCOCCOCCOCCC(=O)NCC[S+]([O-])c3ccc(C(=O)N4CCOc5ccc(-c6ccc(N)nc6)cc5C4)c(C)c3)[C@H](OC)C2)C[C@@H](O)[C@H](C)/C=C(\C)[C@@H](O)[C@@H](O)C(=O)[C@H](C)C[C@H](C)/C=C/C=C/C=C/1C. The third-order valence-electron chi connectivity index (χ3n) is 23.7. The first-order chi connectivity index (χ1) is 61.1. The number of carbonyl (C=O) groups excluding carboxylic acids is 7. The molecule has 4 amide bonds. The molecule has 17 atom stereocenters. The summed E-state index contributed by atoms with van der Waals surface area (Å²) in [5, 5.41) is 52.1. The number of pyridine rings is 1. The van der Waals surface area contributed by atoms with E-state index in [-0.39, 0.29) is 107 Å². The number of fused-ring (bicyclic) bond motifs is 4. The summed E-state index contributed by atoms with van der Waals surface area (Å²) in [6.07, 6.45) is 8.05. The molecule has 1 aliphatic carbocycles. The zero-order valence-electron chi connectivity index (χ0n) is 75.5. The number of cyclic esters (lactones) is 1. The molecule has 708 valence electrons. The lowest BCUT2D eigenvalue weighted by Gasteiger charge is -2.42. The Hall–Kier alpha value is -7.69. The van der Waals surface area contributed by atoms with Crippen molar-refractivity contribution in [2.75, 3.05) is 164 Å². The summed E-state index contributed by atoms with van der Waals surface area (Å²) in [6.45, 7) is 19.1. The van der Waals surface area contributed by atoms with Crippen molar-refractivity contribution < 1.29 is 125 Å². The second kappa shape index (κ2) is 55.5. The Balaban J connectivity index is 0.636. The molecule has 1 aromatic heterocycles. The number of aryl methyl sites for hydroxylation is 1. The maximum absolute atomic E-state index is 14.7. The highest BCUT2D eigenvalue weighted by Gasteiger charge is 2.53. The number of carbonyl (C=O) groups is 7. The van der Waals surface area contributed by atoms with Crippen LogP contribution in [0.1, 0.15) is 146 Å². The van der Waals surface area contributed by atoms with Gasteiger partial charge in [-0.2, -0.15) is 0 Å². The third-order valence-corrected chi connectivity index (χ3v) is 25.1. The van der Waals surface area contributed by atoms with E-state index in [2.05, 4.69) is 15.6 Å². The van der Waals surface area contributed by atoms with Gasteiger partial charge < -0.3 is 123 Å². The number of benzene rings is 2. The molecule has 5 aliphatic rings. The van der Waals surface area contributed by atoms with Crippen LogP contribution in [0.3, 0.4) is 0 Å². The van der Waals surface area contributed by atoms with Crippen molar-refractivity contribution in [1.29, 1.82) is 0 Å². The first-order valence-corrected chi connectivity index (χ1v) is 46.0. The molecule has 3 fully saturated rings. The first-order valence-electron chi connectivity index (χ1n) is 44.7. The van der Waals surface area contributed by atoms with Crippen molar-refractivity contribution in [3.05, 3.63) is 119 Å². The molecular formula is C93H139N7O26S. The van der Waals surface area contributed by atoms with Crippen LogP contribution in [-0.4, -0.2) is 306 Å². The molecule has 10 N–H and O–H groups in total. The Labute approximate surface area is 750 Å². The van der Waals surface area contributed by atoms with Gasteiger partial charge in [0.25, 0.3) is 17.6 Å². The number of Topliss-reactive ketones (excluding diaryl/α,β-unsaturated/α-hetero) is 2. The minimum absolute atomic E-state index is 0.0128. The fourth-order valence-corrected chi connectivity index (χ4v) is 17.2. The molecule has 2 aromatic carbocycles. The number of methoxy groups -OCH3 is 2. The van der Waals surface area contributed by atoms with Crippen LogP contribution in [0.5, 0.6) is 5.75 Å². The van der Waals surface area contributed by atoms with E-state index < -0.39 is 125 Å². The summed E-state index contributed by atoms with van der Waals surface area (Å²) in [6, 6.07) is 12.5. The maximum Gasteiger partial charge on any atom is 0.407 e. The van der Waals surface area contributed by atoms with Crippen LogP contribution >= 0.6 is 0 Å². The zero-order chi connectivity index (χ0) is 91.8. The fraction of sp³-hybridized carbons (Fsp3) is 0.656. The number of nitrogens with one attached hydrogen (secondary N) is 2. The van der Waals surface area contributed by atoms with Crippen molar-refractivity contribution in [3.63, 3.8) is 0 Å². The van der Waals surface area contributed by atoms with Gasteiger partial charge in [-0.05, 0) is 173 Å². The summed E-state index contributed by atoms with van der Waals surface area (Å²) in [4.78, 5) is 104. The first kappa shape index (κ1) is 105. The molecule has 0 radical (unpaired) electrons. The van der Waals surface area contributed by atoms with Crippen molar-refractivity contribution in [3.8, 4) is 16.9 Å². The lowest BCUT2D eigenvalue weighted by atomic mass is 9.80. The second-order valence-electron chi connectivity index (χ2n) is 33.5. The van der Waals surface area contributed by atoms with Crippen LogP contribution in [0.15, 0.2) is 107 Å². The van der Waals surface area contributed by atoms with Crippen LogP contribution in [0.2, 0.25) is 0 Å². The van der Waals surface area contributed by atoms with E-state index in [1.54, 1.807) is 76.2 Å². The van der Waals surface area contributed by atoms with Gasteiger partial charge in [-0.1, -0.05) is 70.2 Å². The lowest BCUT2D eigenvalue weighted by molar-refractivity contribution is -0.265. The van der Waals surface area contributed by atoms with E-state index in [1.165, 1.54) is 7.11 Å². The summed E-state index contributed by atoms with van der Waals surface area (Å²) in [5.74, 6) is -7.52. The number of alkyl carbamates (subject to hydrolysis) is 1. The van der Waals surface area contributed by atoms with E-state index in [0.29, 0.717) is 179 Å². The topological polar surface area (TPSA) is 448 Å². The van der Waals surface area contributed by atoms with E-state index in [9.17, 15) is 58.5 Å². The Morgan fingerprint density at radius 1 is 0.685 bits per heavy atom. The molecule has 3 aromatic rings. The number of nitrogen functional groups attached to an aromatic ring is 1. The standard InChI is InChI=1S/C93H139N7O26S/c1-61-15-11-10-12-16-62(2)80(113-8)57-72-22-18-67(7)93(111,126-72)88(106)90(108)100-31-14-13-17-76(100)91(109)124-81(58-77(101)64(4)52-66(6)86(104)87(105)85(103)65(5)51-61)75(94)54-68-19-25-79(82(55-68)114-9)125-92(110)97-29-34-116-37-39-118-41-43-120-45-47-122-49-48-121-46-44-119-42-40-117-38-36-115-33-28-84(102)96-30-50-127(112)73-23-24-74(63(3)53-73)89(107)99-32-35-123-78-26-20-69(56-71(78)60-99)70-21-27-83(95)98-59-70/h10-12,15-16,20-21,23-24,26-27,52-53,56,59,61,64-65,67-68,72,75-77,79-82,86-87,101,104-105,111H,13-14,17-19,22,25,28-51,54-55,57-58,60,94H2,1-9H3,(H2,95,98)(H,96,102)(H,97,110)/b12-10+,15-11+,62-16+,66-52+/t61-,64-,65-,67-,68+,72+,75-,76+,77-,79-,80+,81+,82-,86-,87+,93-,127?/m1/s1. The van der Waals surface area contributed by atoms with Crippen molar-refractivity contribution in [2.24, 2.45) is 35.3 Å². The largest absolute Gasteiger partial charge is 0.611 e. The minimum atomic E-state index is -2.50. The van der Waals surface area contributed by atoms with Crippen LogP contribution in [0.4, 0.5) is 10.6 Å². The quantitative estimate of drug-likeness (QED) is 0.00921. The number of nitrogens with zero attached hydrogens (tertiary/aromatic N) is 3. The molecule has 1 unspecified atom stereocenters. The predicted molar refractivity (Wildman–Crippen MR) is 473 cm³/mol. The number of rotatable bonds is 39. The highest BCUT2D eigenvalue weighted by atomic mass is 32.2. The molecule has 4 aliphatic heterocycles. The van der Waals surface area contributed by atoms with E-state index >= 15 is 0 Å². The number of ether oxygens (including phenoxy) is 14.